The molecule has 1 amide bonds. The molecule has 0 saturated carbocycles. The lowest BCUT2D eigenvalue weighted by Crippen LogP contribution is -2.50. The van der Waals surface area contributed by atoms with Crippen molar-refractivity contribution in [3.05, 3.63) is 70.8 Å². The number of carbonyl (C=O) groups excluding carboxylic acids is 1. The van der Waals surface area contributed by atoms with Crippen molar-refractivity contribution in [3.63, 3.8) is 0 Å². The van der Waals surface area contributed by atoms with Gasteiger partial charge < -0.3 is 4.90 Å². The summed E-state index contributed by atoms with van der Waals surface area (Å²) in [6.07, 6.45) is -1.64. The smallest absolute Gasteiger partial charge is 0.337 e. The molecule has 160 valence electrons. The minimum atomic E-state index is -4.63. The van der Waals surface area contributed by atoms with Crippen LogP contribution in [0.25, 0.3) is 6.08 Å². The van der Waals surface area contributed by atoms with E-state index in [-0.39, 0.29) is 32.1 Å². The fraction of sp³-hybridized carbons (Fsp3) is 0.250. The Bertz CT molecular complexity index is 1060. The Hall–Kier alpha value is -2.36. The van der Waals surface area contributed by atoms with Crippen LogP contribution in [0.1, 0.15) is 11.1 Å². The molecule has 0 N–H and O–H groups in total. The average molecular weight is 459 g/mol. The van der Waals surface area contributed by atoms with Crippen molar-refractivity contribution in [1.29, 1.82) is 0 Å². The van der Waals surface area contributed by atoms with Gasteiger partial charge in [0, 0.05) is 37.3 Å². The molecule has 30 heavy (non-hydrogen) atoms. The summed E-state index contributed by atoms with van der Waals surface area (Å²) >= 11 is 5.90. The average Bonchev–Trinajstić information content (AvgIpc) is 2.71. The lowest BCUT2D eigenvalue weighted by Gasteiger charge is -2.33. The molecule has 1 fully saturated rings. The predicted octanol–water partition coefficient (Wildman–Crippen LogP) is 3.91. The minimum absolute atomic E-state index is 0.00464. The minimum Gasteiger partial charge on any atom is -0.337 e. The van der Waals surface area contributed by atoms with Gasteiger partial charge in [-0.05, 0) is 42.0 Å². The molecule has 0 aliphatic carbocycles. The number of rotatable bonds is 4. The summed E-state index contributed by atoms with van der Waals surface area (Å²) in [6, 6.07) is 10.6. The van der Waals surface area contributed by atoms with Crippen LogP contribution in [0, 0.1) is 0 Å². The summed E-state index contributed by atoms with van der Waals surface area (Å²) in [5.74, 6) is -0.286. The number of hydrogen-bond acceptors (Lipinski definition) is 3. The van der Waals surface area contributed by atoms with Gasteiger partial charge in [0.2, 0.25) is 15.9 Å². The Morgan fingerprint density at radius 3 is 2.30 bits per heavy atom. The molecule has 2 aromatic rings. The number of benzene rings is 2. The molecule has 1 heterocycles. The van der Waals surface area contributed by atoms with Gasteiger partial charge in [-0.2, -0.15) is 17.5 Å². The van der Waals surface area contributed by atoms with Gasteiger partial charge in [0.25, 0.3) is 0 Å². The van der Waals surface area contributed by atoms with E-state index in [0.717, 1.165) is 28.1 Å². The summed E-state index contributed by atoms with van der Waals surface area (Å²) in [7, 11) is -4.09. The first-order valence-corrected chi connectivity index (χ1v) is 10.8. The zero-order valence-electron chi connectivity index (χ0n) is 15.6. The quantitative estimate of drug-likeness (QED) is 0.653. The first-order chi connectivity index (χ1) is 14.1. The van der Waals surface area contributed by atoms with Crippen molar-refractivity contribution < 1.29 is 26.4 Å². The van der Waals surface area contributed by atoms with Crippen molar-refractivity contribution in [3.8, 4) is 0 Å². The third-order valence-electron chi connectivity index (χ3n) is 4.62. The van der Waals surface area contributed by atoms with Gasteiger partial charge in [0.1, 0.15) is 0 Å². The number of sulfonamides is 1. The summed E-state index contributed by atoms with van der Waals surface area (Å²) in [5.41, 5.74) is -0.273. The van der Waals surface area contributed by atoms with Crippen LogP contribution in [0.15, 0.2) is 59.5 Å². The molecular formula is C20H18ClF3N2O3S. The molecule has 10 heteroatoms. The molecule has 0 aromatic heterocycles. The van der Waals surface area contributed by atoms with E-state index in [0.29, 0.717) is 11.1 Å². The molecule has 3 rings (SSSR count). The van der Waals surface area contributed by atoms with Crippen molar-refractivity contribution in [2.24, 2.45) is 0 Å². The highest BCUT2D eigenvalue weighted by atomic mass is 35.5. The van der Waals surface area contributed by atoms with E-state index in [2.05, 4.69) is 0 Å². The molecule has 0 unspecified atom stereocenters. The molecule has 0 radical (unpaired) electrons. The first-order valence-electron chi connectivity index (χ1n) is 8.97. The fourth-order valence-corrected chi connectivity index (χ4v) is 4.68. The van der Waals surface area contributed by atoms with E-state index in [1.807, 2.05) is 0 Å². The summed E-state index contributed by atoms with van der Waals surface area (Å²) in [4.78, 5) is 13.4. The van der Waals surface area contributed by atoms with Gasteiger partial charge >= 0.3 is 6.18 Å². The standard InChI is InChI=1S/C20H18ClF3N2O3S/c21-17-5-1-3-15(13-17)7-8-19(27)25-9-11-26(12-10-25)30(28,29)18-6-2-4-16(14-18)20(22,23)24/h1-8,13-14H,9-12H2/b8-7+. The van der Waals surface area contributed by atoms with Crippen LogP contribution in [-0.2, 0) is 21.0 Å². The van der Waals surface area contributed by atoms with E-state index < -0.39 is 26.7 Å². The highest BCUT2D eigenvalue weighted by molar-refractivity contribution is 7.89. The molecule has 1 aliphatic heterocycles. The third-order valence-corrected chi connectivity index (χ3v) is 6.75. The summed E-state index contributed by atoms with van der Waals surface area (Å²) in [5, 5.41) is 0.540. The number of hydrogen-bond donors (Lipinski definition) is 0. The second-order valence-electron chi connectivity index (χ2n) is 6.64. The molecular weight excluding hydrogens is 441 g/mol. The number of amides is 1. The van der Waals surface area contributed by atoms with Gasteiger partial charge in [0.05, 0.1) is 10.5 Å². The monoisotopic (exact) mass is 458 g/mol. The number of halogens is 4. The van der Waals surface area contributed by atoms with Crippen LogP contribution in [0.5, 0.6) is 0 Å². The second-order valence-corrected chi connectivity index (χ2v) is 9.02. The lowest BCUT2D eigenvalue weighted by atomic mass is 10.2. The van der Waals surface area contributed by atoms with Gasteiger partial charge in [-0.1, -0.05) is 29.8 Å². The van der Waals surface area contributed by atoms with Crippen molar-refractivity contribution in [2.45, 2.75) is 11.1 Å². The molecule has 2 aromatic carbocycles. The normalized spacial score (nSPS) is 16.2. The summed E-state index contributed by atoms with van der Waals surface area (Å²) in [6.45, 7) is 0.262. The topological polar surface area (TPSA) is 57.7 Å². The van der Waals surface area contributed by atoms with E-state index in [1.165, 1.54) is 11.0 Å². The number of carbonyl (C=O) groups is 1. The van der Waals surface area contributed by atoms with E-state index >= 15 is 0 Å². The molecule has 5 nitrogen and oxygen atoms in total. The molecule has 0 spiro atoms. The van der Waals surface area contributed by atoms with Gasteiger partial charge in [-0.3, -0.25) is 4.79 Å². The Morgan fingerprint density at radius 2 is 1.67 bits per heavy atom. The second kappa shape index (κ2) is 8.79. The zero-order valence-corrected chi connectivity index (χ0v) is 17.2. The van der Waals surface area contributed by atoms with Crippen molar-refractivity contribution >= 4 is 33.6 Å². The predicted molar refractivity (Wildman–Crippen MR) is 107 cm³/mol. The maximum absolute atomic E-state index is 12.9. The SMILES string of the molecule is O=C(/C=C/c1cccc(Cl)c1)N1CCN(S(=O)(=O)c2cccc(C(F)(F)F)c2)CC1. The fourth-order valence-electron chi connectivity index (χ4n) is 3.01. The van der Waals surface area contributed by atoms with Crippen LogP contribution < -0.4 is 0 Å². The van der Waals surface area contributed by atoms with Crippen LogP contribution in [0.4, 0.5) is 13.2 Å². The zero-order chi connectivity index (χ0) is 21.9. The largest absolute Gasteiger partial charge is 0.416 e. The van der Waals surface area contributed by atoms with E-state index in [1.54, 1.807) is 30.3 Å². The highest BCUT2D eigenvalue weighted by Gasteiger charge is 2.34. The molecule has 1 saturated heterocycles. The number of piperazine rings is 1. The van der Waals surface area contributed by atoms with Crippen LogP contribution in [0.2, 0.25) is 5.02 Å². The maximum Gasteiger partial charge on any atom is 0.416 e. The Labute approximate surface area is 177 Å². The highest BCUT2D eigenvalue weighted by Crippen LogP contribution is 2.31. The molecule has 0 bridgehead atoms. The third kappa shape index (κ3) is 5.21. The Morgan fingerprint density at radius 1 is 1.00 bits per heavy atom. The van der Waals surface area contributed by atoms with E-state index in [4.69, 9.17) is 11.6 Å². The molecule has 0 atom stereocenters. The molecule has 1 aliphatic rings. The number of alkyl halides is 3. The van der Waals surface area contributed by atoms with Gasteiger partial charge in [-0.15, -0.1) is 0 Å². The van der Waals surface area contributed by atoms with Crippen LogP contribution >= 0.6 is 11.6 Å². The Balaban J connectivity index is 1.65. The first kappa shape index (κ1) is 22.3. The van der Waals surface area contributed by atoms with Crippen molar-refractivity contribution in [2.75, 3.05) is 26.2 Å². The lowest BCUT2D eigenvalue weighted by molar-refractivity contribution is -0.137. The van der Waals surface area contributed by atoms with Gasteiger partial charge in [-0.25, -0.2) is 8.42 Å². The maximum atomic E-state index is 12.9. The van der Waals surface area contributed by atoms with Crippen molar-refractivity contribution in [1.82, 2.24) is 9.21 Å². The number of nitrogens with zero attached hydrogens (tertiary/aromatic N) is 2. The van der Waals surface area contributed by atoms with Gasteiger partial charge in [0.15, 0.2) is 0 Å². The van der Waals surface area contributed by atoms with Crippen LogP contribution in [0.3, 0.4) is 0 Å². The van der Waals surface area contributed by atoms with Crippen LogP contribution in [-0.4, -0.2) is 49.7 Å². The Kier molecular flexibility index (Phi) is 6.54. The van der Waals surface area contributed by atoms with E-state index in [9.17, 15) is 26.4 Å². The summed E-state index contributed by atoms with van der Waals surface area (Å²) < 4.78 is 65.2.